The average Bonchev–Trinajstić information content (AvgIpc) is 3.29. The first-order valence-electron chi connectivity index (χ1n) is 8.80. The van der Waals surface area contributed by atoms with Crippen molar-refractivity contribution in [1.29, 1.82) is 0 Å². The molecule has 27 heavy (non-hydrogen) atoms. The van der Waals surface area contributed by atoms with E-state index in [1.54, 1.807) is 0 Å². The van der Waals surface area contributed by atoms with E-state index >= 15 is 0 Å². The van der Waals surface area contributed by atoms with E-state index < -0.39 is 0 Å². The molecule has 0 atom stereocenters. The molecule has 0 amide bonds. The van der Waals surface area contributed by atoms with Gasteiger partial charge in [-0.05, 0) is 17.5 Å². The molecular weight excluding hydrogens is 340 g/mol. The van der Waals surface area contributed by atoms with Gasteiger partial charge in [-0.25, -0.2) is 14.9 Å². The first kappa shape index (κ1) is 17.1. The molecule has 3 heterocycles. The van der Waals surface area contributed by atoms with E-state index in [9.17, 15) is 4.79 Å². The summed E-state index contributed by atoms with van der Waals surface area (Å²) < 4.78 is 0. The lowest BCUT2D eigenvalue weighted by Crippen LogP contribution is -2.13. The molecule has 0 bridgehead atoms. The lowest BCUT2D eigenvalue weighted by molar-refractivity contribution is 0.573. The maximum Gasteiger partial charge on any atom is 0.340 e. The van der Waals surface area contributed by atoms with Crippen LogP contribution >= 0.6 is 0 Å². The quantitative estimate of drug-likeness (QED) is 0.518. The molecule has 4 aromatic rings. The van der Waals surface area contributed by atoms with Crippen molar-refractivity contribution < 1.29 is 0 Å². The Morgan fingerprint density at radius 1 is 1.11 bits per heavy atom. The van der Waals surface area contributed by atoms with E-state index in [4.69, 9.17) is 4.98 Å². The maximum absolute atomic E-state index is 11.4. The van der Waals surface area contributed by atoms with Gasteiger partial charge in [0.2, 0.25) is 0 Å². The predicted molar refractivity (Wildman–Crippen MR) is 108 cm³/mol. The number of nitrogens with one attached hydrogen (secondary N) is 3. The zero-order valence-electron chi connectivity index (χ0n) is 15.8. The first-order valence-corrected chi connectivity index (χ1v) is 8.80. The van der Waals surface area contributed by atoms with Gasteiger partial charge in [0.1, 0.15) is 11.5 Å². The summed E-state index contributed by atoms with van der Waals surface area (Å²) in [5, 5.41) is 8.47. The van der Waals surface area contributed by atoms with Crippen molar-refractivity contribution >= 4 is 22.3 Å². The minimum absolute atomic E-state index is 0.0327. The summed E-state index contributed by atoms with van der Waals surface area (Å²) in [5.41, 5.74) is 2.47. The van der Waals surface area contributed by atoms with Gasteiger partial charge in [-0.1, -0.05) is 45.0 Å². The number of rotatable bonds is 3. The van der Waals surface area contributed by atoms with Gasteiger partial charge < -0.3 is 9.88 Å². The Labute approximate surface area is 156 Å². The highest BCUT2D eigenvalue weighted by Gasteiger charge is 2.19. The third-order valence-electron chi connectivity index (χ3n) is 4.64. The van der Waals surface area contributed by atoms with E-state index in [0.717, 1.165) is 28.0 Å². The molecule has 0 saturated heterocycles. The monoisotopic (exact) mass is 362 g/mol. The van der Waals surface area contributed by atoms with Crippen LogP contribution in [0.5, 0.6) is 0 Å². The second-order valence-electron chi connectivity index (χ2n) is 7.66. The highest BCUT2D eigenvalue weighted by atomic mass is 16.1. The highest BCUT2D eigenvalue weighted by molar-refractivity contribution is 5.96. The molecule has 0 aliphatic carbocycles. The zero-order valence-corrected chi connectivity index (χ0v) is 15.8. The minimum atomic E-state index is -0.352. The van der Waals surface area contributed by atoms with Crippen LogP contribution in [0.2, 0.25) is 0 Å². The Morgan fingerprint density at radius 2 is 1.89 bits per heavy atom. The number of hydrogen-bond donors (Lipinski definition) is 3. The van der Waals surface area contributed by atoms with Crippen LogP contribution in [-0.4, -0.2) is 32.2 Å². The van der Waals surface area contributed by atoms with Crippen LogP contribution in [-0.2, 0) is 5.41 Å². The van der Waals surface area contributed by atoms with Crippen molar-refractivity contribution in [3.8, 4) is 11.5 Å². The number of aromatic amines is 3. The molecule has 7 heteroatoms. The number of anilines is 2. The number of benzene rings is 1. The molecule has 0 saturated carbocycles. The number of aromatic nitrogens is 5. The van der Waals surface area contributed by atoms with E-state index in [0.29, 0.717) is 11.5 Å². The summed E-state index contributed by atoms with van der Waals surface area (Å²) in [5.74, 6) is 1.22. The number of nitrogens with zero attached hydrogens (tertiary/aromatic N) is 3. The fourth-order valence-electron chi connectivity index (χ4n) is 3.08. The molecule has 7 nitrogen and oxygen atoms in total. The molecule has 0 spiro atoms. The van der Waals surface area contributed by atoms with Gasteiger partial charge in [0, 0.05) is 29.7 Å². The predicted octanol–water partition coefficient (Wildman–Crippen LogP) is 3.71. The molecule has 0 unspecified atom stereocenters. The molecule has 0 radical (unpaired) electrons. The van der Waals surface area contributed by atoms with E-state index in [2.05, 4.69) is 47.0 Å². The third kappa shape index (κ3) is 3.12. The van der Waals surface area contributed by atoms with Crippen LogP contribution in [0.3, 0.4) is 0 Å². The van der Waals surface area contributed by atoms with Gasteiger partial charge in [-0.15, -0.1) is 0 Å². The number of hydrogen-bond acceptors (Lipinski definition) is 4. The summed E-state index contributed by atoms with van der Waals surface area (Å²) in [6.45, 7) is 6.51. The number of H-pyrrole nitrogens is 3. The summed E-state index contributed by atoms with van der Waals surface area (Å²) in [6.07, 6.45) is 1.99. The summed E-state index contributed by atoms with van der Waals surface area (Å²) in [6, 6.07) is 12.1. The molecule has 4 rings (SSSR count). The SMILES string of the molecule is CN(c1c[nH]c(C(C)(C)C)c1)c1nc(-c2n[nH]c(=O)[nH]2)cc2ccccc12. The molecule has 0 fully saturated rings. The lowest BCUT2D eigenvalue weighted by Gasteiger charge is -2.20. The largest absolute Gasteiger partial charge is 0.363 e. The van der Waals surface area contributed by atoms with Crippen molar-refractivity contribution in [2.75, 3.05) is 11.9 Å². The van der Waals surface area contributed by atoms with Gasteiger partial charge in [0.05, 0.1) is 5.69 Å². The van der Waals surface area contributed by atoms with Crippen LogP contribution in [0.1, 0.15) is 26.5 Å². The van der Waals surface area contributed by atoms with Crippen LogP contribution in [0.25, 0.3) is 22.3 Å². The maximum atomic E-state index is 11.4. The van der Waals surface area contributed by atoms with Gasteiger partial charge in [0.15, 0.2) is 5.82 Å². The lowest BCUT2D eigenvalue weighted by atomic mass is 9.92. The Morgan fingerprint density at radius 3 is 2.56 bits per heavy atom. The Kier molecular flexibility index (Phi) is 3.87. The van der Waals surface area contributed by atoms with Gasteiger partial charge in [-0.2, -0.15) is 5.10 Å². The summed E-state index contributed by atoms with van der Waals surface area (Å²) in [4.78, 5) is 24.3. The van der Waals surface area contributed by atoms with Gasteiger partial charge in [0.25, 0.3) is 0 Å². The fourth-order valence-corrected chi connectivity index (χ4v) is 3.08. The standard InChI is InChI=1S/C20H22N6O/c1-20(2,3)16-10-13(11-21-16)26(4)18-14-8-6-5-7-12(14)9-15(22-18)17-23-19(27)25-24-17/h5-11,21H,1-4H3,(H2,23,24,25,27). The topological polar surface area (TPSA) is 93.5 Å². The van der Waals surface area contributed by atoms with E-state index in [-0.39, 0.29) is 11.1 Å². The minimum Gasteiger partial charge on any atom is -0.363 e. The molecule has 0 aliphatic rings. The molecule has 0 aliphatic heterocycles. The van der Waals surface area contributed by atoms with Crippen LogP contribution in [0, 0.1) is 0 Å². The number of pyridine rings is 1. The second kappa shape index (κ2) is 6.12. The fraction of sp³-hybridized carbons (Fsp3) is 0.250. The summed E-state index contributed by atoms with van der Waals surface area (Å²) in [7, 11) is 1.99. The molecule has 138 valence electrons. The van der Waals surface area contributed by atoms with E-state index in [1.165, 1.54) is 0 Å². The van der Waals surface area contributed by atoms with Crippen molar-refractivity contribution in [3.63, 3.8) is 0 Å². The highest BCUT2D eigenvalue weighted by Crippen LogP contribution is 2.33. The second-order valence-corrected chi connectivity index (χ2v) is 7.66. The summed E-state index contributed by atoms with van der Waals surface area (Å²) >= 11 is 0. The first-order chi connectivity index (χ1) is 12.8. The zero-order chi connectivity index (χ0) is 19.2. The smallest absolute Gasteiger partial charge is 0.340 e. The van der Waals surface area contributed by atoms with Gasteiger partial charge in [-0.3, -0.25) is 4.98 Å². The van der Waals surface area contributed by atoms with Crippen molar-refractivity contribution in [3.05, 3.63) is 58.8 Å². The van der Waals surface area contributed by atoms with Gasteiger partial charge >= 0.3 is 5.69 Å². The average molecular weight is 362 g/mol. The van der Waals surface area contributed by atoms with Crippen LogP contribution in [0.4, 0.5) is 11.5 Å². The molecular formula is C20H22N6O. The normalized spacial score (nSPS) is 11.9. The Bertz CT molecular complexity index is 1160. The Hall–Kier alpha value is -3.35. The molecule has 3 N–H and O–H groups in total. The molecule has 1 aromatic carbocycles. The Balaban J connectivity index is 1.87. The van der Waals surface area contributed by atoms with E-state index in [1.807, 2.05) is 48.5 Å². The van der Waals surface area contributed by atoms with Crippen molar-refractivity contribution in [2.45, 2.75) is 26.2 Å². The third-order valence-corrected chi connectivity index (χ3v) is 4.64. The number of fused-ring (bicyclic) bond motifs is 1. The molecule has 3 aromatic heterocycles. The van der Waals surface area contributed by atoms with Crippen molar-refractivity contribution in [1.82, 2.24) is 25.1 Å². The van der Waals surface area contributed by atoms with Crippen LogP contribution < -0.4 is 10.6 Å². The van der Waals surface area contributed by atoms with Crippen LogP contribution in [0.15, 0.2) is 47.4 Å². The van der Waals surface area contributed by atoms with Crippen molar-refractivity contribution in [2.24, 2.45) is 0 Å².